The summed E-state index contributed by atoms with van der Waals surface area (Å²) >= 11 is 0. The lowest BCUT2D eigenvalue weighted by molar-refractivity contribution is -0.144. The molecule has 3 saturated carbocycles. The van der Waals surface area contributed by atoms with Crippen molar-refractivity contribution < 1.29 is 37.1 Å². The van der Waals surface area contributed by atoms with E-state index in [-0.39, 0.29) is 25.3 Å². The molecule has 0 spiro atoms. The van der Waals surface area contributed by atoms with Gasteiger partial charge in [0.1, 0.15) is 35.2 Å². The van der Waals surface area contributed by atoms with Crippen molar-refractivity contribution in [1.29, 1.82) is 0 Å². The number of aromatic nitrogens is 1. The maximum Gasteiger partial charge on any atom is 0.259 e. The van der Waals surface area contributed by atoms with Gasteiger partial charge in [-0.2, -0.15) is 0 Å². The Hall–Kier alpha value is -4.98. The Morgan fingerprint density at radius 1 is 1.07 bits per heavy atom. The summed E-state index contributed by atoms with van der Waals surface area (Å²) in [6.45, 7) is 11.0. The number of pyridine rings is 1. The summed E-state index contributed by atoms with van der Waals surface area (Å²) < 4.78 is 39.5. The molecule has 1 aromatic heterocycles. The molecule has 4 amide bonds. The minimum atomic E-state index is -4.00. The third-order valence-corrected chi connectivity index (χ3v) is 13.8. The van der Waals surface area contributed by atoms with Gasteiger partial charge in [-0.3, -0.25) is 23.9 Å². The molecule has 2 heterocycles. The van der Waals surface area contributed by atoms with Crippen LogP contribution in [0.2, 0.25) is 0 Å². The second-order valence-electron chi connectivity index (χ2n) is 17.1. The third-order valence-electron chi connectivity index (χ3n) is 11.7. The van der Waals surface area contributed by atoms with Crippen molar-refractivity contribution in [2.45, 2.75) is 101 Å². The van der Waals surface area contributed by atoms with Crippen molar-refractivity contribution >= 4 is 44.6 Å². The first kappa shape index (κ1) is 39.3. The summed E-state index contributed by atoms with van der Waals surface area (Å²) in [4.78, 5) is 62.3. The van der Waals surface area contributed by atoms with Gasteiger partial charge in [-0.15, -0.1) is 6.58 Å². The molecule has 1 aliphatic heterocycles. The number of ether oxygens (including phenoxy) is 2. The van der Waals surface area contributed by atoms with E-state index in [1.54, 1.807) is 20.1 Å². The van der Waals surface area contributed by atoms with Crippen molar-refractivity contribution in [2.24, 2.45) is 17.3 Å². The predicted molar refractivity (Wildman–Crippen MR) is 211 cm³/mol. The van der Waals surface area contributed by atoms with Gasteiger partial charge < -0.3 is 25.0 Å². The highest BCUT2D eigenvalue weighted by Gasteiger charge is 2.63. The number of rotatable bonds is 14. The fraction of sp³-hybridized carbons (Fsp3) is 0.500. The third kappa shape index (κ3) is 7.85. The Morgan fingerprint density at radius 3 is 2.39 bits per heavy atom. The number of hydrogen-bond donors (Lipinski definition) is 3. The summed E-state index contributed by atoms with van der Waals surface area (Å²) in [5.41, 5.74) is -0.142. The van der Waals surface area contributed by atoms with Crippen molar-refractivity contribution in [3.8, 4) is 22.8 Å². The molecule has 4 aliphatic rings. The molecule has 3 aromatic rings. The fourth-order valence-corrected chi connectivity index (χ4v) is 8.76. The molecular formula is C42H51N5O8S. The highest BCUT2D eigenvalue weighted by Crippen LogP contribution is 2.47. The zero-order chi connectivity index (χ0) is 40.2. The van der Waals surface area contributed by atoms with E-state index in [9.17, 15) is 27.6 Å². The first-order valence-corrected chi connectivity index (χ1v) is 20.8. The molecule has 5 unspecified atom stereocenters. The molecule has 4 fully saturated rings. The average molecular weight is 786 g/mol. The van der Waals surface area contributed by atoms with Crippen LogP contribution in [0.15, 0.2) is 67.3 Å². The lowest BCUT2D eigenvalue weighted by Gasteiger charge is -2.35. The number of fused-ring (bicyclic) bond motifs is 1. The fourth-order valence-electron chi connectivity index (χ4n) is 7.45. The quantitative estimate of drug-likeness (QED) is 0.197. The molecule has 298 valence electrons. The van der Waals surface area contributed by atoms with E-state index in [1.807, 2.05) is 69.3 Å². The minimum Gasteiger partial charge on any atom is -0.497 e. The second kappa shape index (κ2) is 14.5. The number of methoxy groups -OCH3 is 1. The molecular weight excluding hydrogens is 735 g/mol. The molecule has 3 aliphatic carbocycles. The SMILES string of the molecule is C=CC1CC1(NC(=O)C1CC(Oc2cc(-c3ccccc3)nc3cc(OC)ccc23)CN1C(=O)C(NC(=O)CC1CC1)C(C)(C)C)C(=O)NS(=O)(=O)C1(C)CC1. The maximum atomic E-state index is 14.7. The van der Waals surface area contributed by atoms with Crippen LogP contribution < -0.4 is 24.8 Å². The number of benzene rings is 2. The first-order chi connectivity index (χ1) is 26.5. The number of nitrogens with one attached hydrogen (secondary N) is 3. The van der Waals surface area contributed by atoms with Gasteiger partial charge >= 0.3 is 0 Å². The van der Waals surface area contributed by atoms with Crippen LogP contribution in [0.25, 0.3) is 22.2 Å². The van der Waals surface area contributed by atoms with Gasteiger partial charge in [0.05, 0.1) is 29.6 Å². The number of nitrogens with zero attached hydrogens (tertiary/aromatic N) is 2. The average Bonchev–Trinajstić information content (AvgIpc) is 4.11. The van der Waals surface area contributed by atoms with E-state index in [2.05, 4.69) is 21.9 Å². The van der Waals surface area contributed by atoms with Crippen molar-refractivity contribution in [1.82, 2.24) is 25.2 Å². The van der Waals surface area contributed by atoms with Crippen LogP contribution in [0.3, 0.4) is 0 Å². The van der Waals surface area contributed by atoms with Crippen molar-refractivity contribution in [2.75, 3.05) is 13.7 Å². The number of carbonyl (C=O) groups excluding carboxylic acids is 4. The number of hydrogen-bond acceptors (Lipinski definition) is 9. The standard InChI is InChI=1S/C42H51N5O8S/c1-7-27-23-42(27,39(51)46-56(52,53)41(5)17-18-41)45-37(49)33-21-29(24-47(33)38(50)36(40(2,3)4)44-35(48)19-25-13-14-25)55-34-22-31(26-11-9-8-10-12-26)43-32-20-28(54-6)15-16-30(32)34/h7-12,15-16,20,22,25,27,29,33,36H,1,13-14,17-19,21,23-24H2,2-6H3,(H,44,48)(H,45,49)(H,46,51). The molecule has 0 radical (unpaired) electrons. The van der Waals surface area contributed by atoms with Gasteiger partial charge in [0.25, 0.3) is 5.91 Å². The van der Waals surface area contributed by atoms with Crippen molar-refractivity contribution in [3.05, 3.63) is 67.3 Å². The number of likely N-dealkylation sites (tertiary alicyclic amines) is 1. The van der Waals surface area contributed by atoms with Crippen LogP contribution in [0.1, 0.15) is 72.6 Å². The van der Waals surface area contributed by atoms with Crippen LogP contribution in [0, 0.1) is 17.3 Å². The maximum absolute atomic E-state index is 14.7. The molecule has 14 heteroatoms. The Morgan fingerprint density at radius 2 is 1.79 bits per heavy atom. The highest BCUT2D eigenvalue weighted by atomic mass is 32.2. The lowest BCUT2D eigenvalue weighted by atomic mass is 9.85. The van der Waals surface area contributed by atoms with E-state index >= 15 is 0 Å². The zero-order valence-corrected chi connectivity index (χ0v) is 33.4. The molecule has 13 nitrogen and oxygen atoms in total. The Balaban J connectivity index is 1.21. The monoisotopic (exact) mass is 785 g/mol. The normalized spacial score (nSPS) is 24.4. The summed E-state index contributed by atoms with van der Waals surface area (Å²) in [5.74, 6) is -1.27. The van der Waals surface area contributed by atoms with E-state index in [1.165, 1.54) is 11.0 Å². The van der Waals surface area contributed by atoms with Crippen LogP contribution in [0.4, 0.5) is 0 Å². The van der Waals surface area contributed by atoms with Crippen LogP contribution >= 0.6 is 0 Å². The predicted octanol–water partition coefficient (Wildman–Crippen LogP) is 4.65. The minimum absolute atomic E-state index is 0.000542. The van der Waals surface area contributed by atoms with E-state index in [0.29, 0.717) is 53.3 Å². The van der Waals surface area contributed by atoms with Gasteiger partial charge in [0.2, 0.25) is 27.7 Å². The second-order valence-corrected chi connectivity index (χ2v) is 19.3. The highest BCUT2D eigenvalue weighted by molar-refractivity contribution is 7.91. The molecule has 56 heavy (non-hydrogen) atoms. The van der Waals surface area contributed by atoms with E-state index < -0.39 is 67.6 Å². The molecule has 5 atom stereocenters. The van der Waals surface area contributed by atoms with Gasteiger partial charge in [-0.05, 0) is 62.5 Å². The Bertz CT molecular complexity index is 2180. The molecule has 0 bridgehead atoms. The molecule has 7 rings (SSSR count). The van der Waals surface area contributed by atoms with Crippen molar-refractivity contribution in [3.63, 3.8) is 0 Å². The van der Waals surface area contributed by atoms with Gasteiger partial charge in [0, 0.05) is 41.8 Å². The summed E-state index contributed by atoms with van der Waals surface area (Å²) in [7, 11) is -2.42. The first-order valence-electron chi connectivity index (χ1n) is 19.3. The van der Waals surface area contributed by atoms with E-state index in [0.717, 1.165) is 18.4 Å². The number of carbonyl (C=O) groups is 4. The Kier molecular flexibility index (Phi) is 10.2. The topological polar surface area (TPSA) is 173 Å². The van der Waals surface area contributed by atoms with E-state index in [4.69, 9.17) is 14.5 Å². The smallest absolute Gasteiger partial charge is 0.259 e. The number of amides is 4. The molecule has 1 saturated heterocycles. The summed E-state index contributed by atoms with van der Waals surface area (Å²) in [6, 6.07) is 14.8. The summed E-state index contributed by atoms with van der Waals surface area (Å²) in [6.07, 6.45) is 4.16. The molecule has 3 N–H and O–H groups in total. The number of sulfonamides is 1. The van der Waals surface area contributed by atoms with Gasteiger partial charge in [-0.1, -0.05) is 57.2 Å². The Labute approximate surface area is 328 Å². The van der Waals surface area contributed by atoms with Crippen LogP contribution in [-0.2, 0) is 29.2 Å². The lowest BCUT2D eigenvalue weighted by Crippen LogP contribution is -2.60. The van der Waals surface area contributed by atoms with Gasteiger partial charge in [0.15, 0.2) is 0 Å². The zero-order valence-electron chi connectivity index (χ0n) is 32.6. The molecule has 2 aromatic carbocycles. The summed E-state index contributed by atoms with van der Waals surface area (Å²) in [5, 5.41) is 6.51. The van der Waals surface area contributed by atoms with Gasteiger partial charge in [-0.25, -0.2) is 13.4 Å². The van der Waals surface area contributed by atoms with Crippen LogP contribution in [-0.4, -0.2) is 84.1 Å². The van der Waals surface area contributed by atoms with Crippen LogP contribution in [0.5, 0.6) is 11.5 Å². The largest absolute Gasteiger partial charge is 0.497 e.